The molecule has 0 bridgehead atoms. The van der Waals surface area contributed by atoms with Gasteiger partial charge in [-0.25, -0.2) is 0 Å². The summed E-state index contributed by atoms with van der Waals surface area (Å²) in [5.41, 5.74) is 1.98. The van der Waals surface area contributed by atoms with E-state index in [9.17, 15) is 9.59 Å². The molecule has 1 saturated carbocycles. The lowest BCUT2D eigenvalue weighted by Crippen LogP contribution is -2.42. The minimum atomic E-state index is -0.116. The molecule has 144 valence electrons. The molecule has 0 unspecified atom stereocenters. The molecule has 2 heterocycles. The first-order valence-electron chi connectivity index (χ1n) is 10.3. The number of hydrogen-bond acceptors (Lipinski definition) is 3. The predicted molar refractivity (Wildman–Crippen MR) is 107 cm³/mol. The molecule has 27 heavy (non-hydrogen) atoms. The Bertz CT molecular complexity index is 742. The molecular formula is C22H27ClN2O2. The fourth-order valence-corrected chi connectivity index (χ4v) is 4.80. The van der Waals surface area contributed by atoms with Crippen LogP contribution >= 0.6 is 11.6 Å². The van der Waals surface area contributed by atoms with Gasteiger partial charge >= 0.3 is 0 Å². The summed E-state index contributed by atoms with van der Waals surface area (Å²) in [6, 6.07) is 7.34. The number of nitrogens with zero attached hydrogens (tertiary/aromatic N) is 2. The predicted octanol–water partition coefficient (Wildman–Crippen LogP) is 4.63. The second-order valence-electron chi connectivity index (χ2n) is 7.90. The molecule has 2 amide bonds. The van der Waals surface area contributed by atoms with Gasteiger partial charge in [0, 0.05) is 24.2 Å². The molecule has 4 nitrogen and oxygen atoms in total. The highest BCUT2D eigenvalue weighted by molar-refractivity contribution is 6.36. The Morgan fingerprint density at radius 3 is 2.00 bits per heavy atom. The Kier molecular flexibility index (Phi) is 5.53. The molecule has 1 aromatic rings. The Hall–Kier alpha value is -1.81. The molecule has 0 atom stereocenters. The van der Waals surface area contributed by atoms with Gasteiger partial charge in [-0.2, -0.15) is 0 Å². The van der Waals surface area contributed by atoms with Crippen LogP contribution in [0.5, 0.6) is 0 Å². The summed E-state index contributed by atoms with van der Waals surface area (Å²) >= 11 is 6.04. The first-order valence-corrected chi connectivity index (χ1v) is 10.7. The quantitative estimate of drug-likeness (QED) is 0.711. The minimum Gasteiger partial charge on any atom is -0.366 e. The van der Waals surface area contributed by atoms with Crippen molar-refractivity contribution in [3.05, 3.63) is 40.5 Å². The Morgan fingerprint density at radius 1 is 0.778 bits per heavy atom. The minimum absolute atomic E-state index is 0.0349. The number of carbonyl (C=O) groups is 2. The van der Waals surface area contributed by atoms with Crippen molar-refractivity contribution in [2.45, 2.75) is 63.8 Å². The number of hydrogen-bond donors (Lipinski definition) is 0. The van der Waals surface area contributed by atoms with Crippen molar-refractivity contribution in [3.63, 3.8) is 0 Å². The monoisotopic (exact) mass is 386 g/mol. The van der Waals surface area contributed by atoms with Gasteiger partial charge < -0.3 is 4.90 Å². The zero-order valence-electron chi connectivity index (χ0n) is 15.8. The maximum absolute atomic E-state index is 13.5. The standard InChI is InChI=1S/C22H27ClN2O2/c23-17-12-10-16(11-13-17)19-20(24-14-6-7-15-24)22(27)25(21(19)26)18-8-4-2-1-3-5-9-18/h10-13,18H,1-9,14-15H2. The van der Waals surface area contributed by atoms with E-state index in [0.29, 0.717) is 16.3 Å². The number of benzene rings is 1. The number of imide groups is 1. The van der Waals surface area contributed by atoms with Crippen LogP contribution in [-0.2, 0) is 9.59 Å². The first-order chi connectivity index (χ1) is 13.2. The van der Waals surface area contributed by atoms with Gasteiger partial charge in [0.1, 0.15) is 5.70 Å². The summed E-state index contributed by atoms with van der Waals surface area (Å²) in [7, 11) is 0. The van der Waals surface area contributed by atoms with E-state index < -0.39 is 0 Å². The van der Waals surface area contributed by atoms with Gasteiger partial charge in [0.15, 0.2) is 0 Å². The molecule has 3 aliphatic rings. The van der Waals surface area contributed by atoms with Crippen molar-refractivity contribution in [2.75, 3.05) is 13.1 Å². The molecule has 2 fully saturated rings. The lowest BCUT2D eigenvalue weighted by Gasteiger charge is -2.29. The third-order valence-electron chi connectivity index (χ3n) is 6.09. The topological polar surface area (TPSA) is 40.6 Å². The van der Waals surface area contributed by atoms with Gasteiger partial charge in [0.05, 0.1) is 5.57 Å². The molecule has 0 radical (unpaired) electrons. The first kappa shape index (κ1) is 18.5. The van der Waals surface area contributed by atoms with E-state index >= 15 is 0 Å². The Morgan fingerprint density at radius 2 is 1.37 bits per heavy atom. The van der Waals surface area contributed by atoms with E-state index in [-0.39, 0.29) is 17.9 Å². The number of halogens is 1. The van der Waals surface area contributed by atoms with Crippen LogP contribution in [0.25, 0.3) is 5.57 Å². The molecule has 0 N–H and O–H groups in total. The lowest BCUT2D eigenvalue weighted by atomic mass is 9.95. The van der Waals surface area contributed by atoms with E-state index in [2.05, 4.69) is 4.90 Å². The molecule has 0 aromatic heterocycles. The highest BCUT2D eigenvalue weighted by Crippen LogP contribution is 2.37. The molecule has 1 saturated heterocycles. The van der Waals surface area contributed by atoms with Gasteiger partial charge in [-0.15, -0.1) is 0 Å². The molecule has 1 aliphatic carbocycles. The summed E-state index contributed by atoms with van der Waals surface area (Å²) in [5, 5.41) is 0.635. The molecule has 5 heteroatoms. The summed E-state index contributed by atoms with van der Waals surface area (Å²) in [5.74, 6) is -0.202. The van der Waals surface area contributed by atoms with Gasteiger partial charge in [-0.3, -0.25) is 14.5 Å². The summed E-state index contributed by atoms with van der Waals surface area (Å²) in [4.78, 5) is 30.6. The Labute approximate surface area is 166 Å². The van der Waals surface area contributed by atoms with Crippen LogP contribution in [0.4, 0.5) is 0 Å². The maximum Gasteiger partial charge on any atom is 0.278 e. The highest BCUT2D eigenvalue weighted by atomic mass is 35.5. The van der Waals surface area contributed by atoms with Gasteiger partial charge in [-0.05, 0) is 43.4 Å². The fraction of sp³-hybridized carbons (Fsp3) is 0.545. The van der Waals surface area contributed by atoms with Crippen molar-refractivity contribution in [2.24, 2.45) is 0 Å². The zero-order valence-corrected chi connectivity index (χ0v) is 16.5. The maximum atomic E-state index is 13.5. The Balaban J connectivity index is 1.71. The smallest absolute Gasteiger partial charge is 0.278 e. The fourth-order valence-electron chi connectivity index (χ4n) is 4.67. The average molecular weight is 387 g/mol. The van der Waals surface area contributed by atoms with Crippen LogP contribution in [0.1, 0.15) is 63.4 Å². The lowest BCUT2D eigenvalue weighted by molar-refractivity contribution is -0.140. The van der Waals surface area contributed by atoms with Gasteiger partial charge in [0.25, 0.3) is 11.8 Å². The number of likely N-dealkylation sites (tertiary alicyclic amines) is 1. The molecular weight excluding hydrogens is 360 g/mol. The molecule has 1 aromatic carbocycles. The second-order valence-corrected chi connectivity index (χ2v) is 8.34. The van der Waals surface area contributed by atoms with Crippen LogP contribution in [-0.4, -0.2) is 40.7 Å². The van der Waals surface area contributed by atoms with Crippen molar-refractivity contribution in [1.82, 2.24) is 9.80 Å². The van der Waals surface area contributed by atoms with E-state index in [1.54, 1.807) is 17.0 Å². The van der Waals surface area contributed by atoms with E-state index in [1.165, 1.54) is 19.3 Å². The van der Waals surface area contributed by atoms with Crippen molar-refractivity contribution in [3.8, 4) is 0 Å². The molecule has 0 spiro atoms. The third-order valence-corrected chi connectivity index (χ3v) is 6.34. The largest absolute Gasteiger partial charge is 0.366 e. The third kappa shape index (κ3) is 3.64. The number of amides is 2. The molecule has 4 rings (SSSR count). The SMILES string of the molecule is O=C1C(c2ccc(Cl)cc2)=C(N2CCCC2)C(=O)N1C1CCCCCCC1. The van der Waals surface area contributed by atoms with Gasteiger partial charge in [-0.1, -0.05) is 55.8 Å². The van der Waals surface area contributed by atoms with Crippen molar-refractivity contribution >= 4 is 29.0 Å². The zero-order chi connectivity index (χ0) is 18.8. The summed E-state index contributed by atoms with van der Waals surface area (Å²) < 4.78 is 0. The van der Waals surface area contributed by atoms with Crippen LogP contribution in [0.2, 0.25) is 5.02 Å². The summed E-state index contributed by atoms with van der Waals surface area (Å²) in [6.07, 6.45) is 9.85. The van der Waals surface area contributed by atoms with Crippen LogP contribution in [0.15, 0.2) is 30.0 Å². The van der Waals surface area contributed by atoms with Crippen LogP contribution in [0.3, 0.4) is 0 Å². The van der Waals surface area contributed by atoms with Crippen molar-refractivity contribution in [1.29, 1.82) is 0 Å². The summed E-state index contributed by atoms with van der Waals surface area (Å²) in [6.45, 7) is 1.70. The van der Waals surface area contributed by atoms with E-state index in [4.69, 9.17) is 11.6 Å². The van der Waals surface area contributed by atoms with Crippen molar-refractivity contribution < 1.29 is 9.59 Å². The van der Waals surface area contributed by atoms with E-state index in [0.717, 1.165) is 57.2 Å². The van der Waals surface area contributed by atoms with Crippen LogP contribution < -0.4 is 0 Å². The second kappa shape index (κ2) is 8.05. The normalized spacial score (nSPS) is 22.6. The number of rotatable bonds is 3. The molecule has 2 aliphatic heterocycles. The van der Waals surface area contributed by atoms with Gasteiger partial charge in [0.2, 0.25) is 0 Å². The highest BCUT2D eigenvalue weighted by Gasteiger charge is 2.44. The van der Waals surface area contributed by atoms with E-state index in [1.807, 2.05) is 12.1 Å². The average Bonchev–Trinajstić information content (AvgIpc) is 3.23. The van der Waals surface area contributed by atoms with Crippen LogP contribution in [0, 0.1) is 0 Å². The number of carbonyl (C=O) groups excluding carboxylic acids is 2.